The van der Waals surface area contributed by atoms with Crippen LogP contribution in [0.1, 0.15) is 67.5 Å². The van der Waals surface area contributed by atoms with E-state index < -0.39 is 11.9 Å². The second-order valence-corrected chi connectivity index (χ2v) is 9.62. The molecule has 3 rings (SSSR count). The average Bonchev–Trinajstić information content (AvgIpc) is 3.12. The number of halogens is 3. The van der Waals surface area contributed by atoms with Gasteiger partial charge in [-0.25, -0.2) is 0 Å². The normalized spacial score (nSPS) is 14.1. The van der Waals surface area contributed by atoms with Crippen LogP contribution in [0.25, 0.3) is 0 Å². The van der Waals surface area contributed by atoms with Gasteiger partial charge in [-0.15, -0.1) is 0 Å². The number of fused-ring (bicyclic) bond motifs is 1. The number of aromatic nitrogens is 2. The van der Waals surface area contributed by atoms with E-state index in [1.807, 2.05) is 34.6 Å². The smallest absolute Gasteiger partial charge is 0.346 e. The maximum absolute atomic E-state index is 13.7. The lowest BCUT2D eigenvalue weighted by Crippen LogP contribution is -2.40. The van der Waals surface area contributed by atoms with E-state index in [0.29, 0.717) is 24.3 Å². The minimum absolute atomic E-state index is 0.0718. The Morgan fingerprint density at radius 1 is 1.09 bits per heavy atom. The average molecular weight is 475 g/mol. The maximum atomic E-state index is 13.7. The third kappa shape index (κ3) is 5.82. The number of hydrogen-bond donors (Lipinski definition) is 0. The zero-order chi connectivity index (χ0) is 25.3. The van der Waals surface area contributed by atoms with Crippen LogP contribution < -0.4 is 0 Å². The maximum Gasteiger partial charge on any atom is 0.435 e. The van der Waals surface area contributed by atoms with Crippen molar-refractivity contribution in [1.29, 1.82) is 0 Å². The third-order valence-corrected chi connectivity index (χ3v) is 5.86. The van der Waals surface area contributed by atoms with E-state index in [1.165, 1.54) is 4.68 Å². The summed E-state index contributed by atoms with van der Waals surface area (Å²) < 4.78 is 42.4. The summed E-state index contributed by atoms with van der Waals surface area (Å²) in [4.78, 5) is 28.5. The fraction of sp³-hybridized carbons (Fsp3) is 0.542. The van der Waals surface area contributed by atoms with Crippen LogP contribution in [0.2, 0.25) is 5.31 Å². The van der Waals surface area contributed by atoms with Gasteiger partial charge in [0.2, 0.25) is 7.28 Å². The molecule has 2 aromatic rings. The molecular weight excluding hydrogens is 444 g/mol. The molecule has 2 heterocycles. The molecule has 0 saturated heterocycles. The standard InChI is InChI=1S/C24H31BF3N4O2/c1-6-30(7-2)21(33)17-10-8-16(9-11-17)14-32-19-15-31(22(34)25-23(3,4)5)13-12-18(19)20(29-32)24(26,27)28/h8-11H,6-7,12-15H2,1-5H3. The summed E-state index contributed by atoms with van der Waals surface area (Å²) in [6.45, 7) is 11.1. The number of carbonyl (C=O) groups excluding carboxylic acids is 2. The van der Waals surface area contributed by atoms with Gasteiger partial charge in [-0.1, -0.05) is 38.2 Å². The van der Waals surface area contributed by atoms with E-state index in [2.05, 4.69) is 5.10 Å². The van der Waals surface area contributed by atoms with Crippen LogP contribution in [0, 0.1) is 0 Å². The molecule has 0 bridgehead atoms. The van der Waals surface area contributed by atoms with Crippen LogP contribution in [-0.2, 0) is 25.7 Å². The fourth-order valence-electron chi connectivity index (χ4n) is 4.11. The van der Waals surface area contributed by atoms with Crippen molar-refractivity contribution in [2.75, 3.05) is 19.6 Å². The summed E-state index contributed by atoms with van der Waals surface area (Å²) in [7, 11) is 1.59. The number of nitrogens with zero attached hydrogens (tertiary/aromatic N) is 4. The van der Waals surface area contributed by atoms with Crippen molar-refractivity contribution in [3.05, 3.63) is 52.3 Å². The van der Waals surface area contributed by atoms with Crippen molar-refractivity contribution in [2.24, 2.45) is 0 Å². The van der Waals surface area contributed by atoms with Crippen molar-refractivity contribution < 1.29 is 22.8 Å². The molecule has 0 atom stereocenters. The lowest BCUT2D eigenvalue weighted by molar-refractivity contribution is -0.142. The van der Waals surface area contributed by atoms with Crippen molar-refractivity contribution in [2.45, 2.75) is 65.6 Å². The van der Waals surface area contributed by atoms with Gasteiger partial charge >= 0.3 is 6.18 Å². The van der Waals surface area contributed by atoms with E-state index in [1.54, 1.807) is 41.3 Å². The van der Waals surface area contributed by atoms with Gasteiger partial charge in [0.25, 0.3) is 5.91 Å². The van der Waals surface area contributed by atoms with Crippen LogP contribution in [-0.4, -0.2) is 58.2 Å². The molecule has 2 amide bonds. The van der Waals surface area contributed by atoms with Gasteiger partial charge < -0.3 is 9.80 Å². The molecule has 0 unspecified atom stereocenters. The quantitative estimate of drug-likeness (QED) is 0.563. The van der Waals surface area contributed by atoms with Gasteiger partial charge in [-0.3, -0.25) is 14.3 Å². The van der Waals surface area contributed by atoms with E-state index in [4.69, 9.17) is 0 Å². The molecular formula is C24H31BF3N4O2. The Bertz CT molecular complexity index is 1040. The molecule has 0 spiro atoms. The monoisotopic (exact) mass is 475 g/mol. The van der Waals surface area contributed by atoms with Gasteiger partial charge in [0.15, 0.2) is 11.5 Å². The van der Waals surface area contributed by atoms with Crippen LogP contribution in [0.15, 0.2) is 24.3 Å². The Labute approximate surface area is 199 Å². The number of rotatable bonds is 6. The molecule has 1 aliphatic heterocycles. The highest BCUT2D eigenvalue weighted by Crippen LogP contribution is 2.35. The topological polar surface area (TPSA) is 58.4 Å². The highest BCUT2D eigenvalue weighted by molar-refractivity contribution is 6.75. The number of carbonyl (C=O) groups is 2. The van der Waals surface area contributed by atoms with Gasteiger partial charge in [-0.2, -0.15) is 18.3 Å². The SMILES string of the molecule is CCN(CC)C(=O)c1ccc(Cn2nc(C(F)(F)F)c3c2CN(C(=O)[B]C(C)(C)C)CC3)cc1. The largest absolute Gasteiger partial charge is 0.435 e. The van der Waals surface area contributed by atoms with E-state index in [9.17, 15) is 22.8 Å². The minimum Gasteiger partial charge on any atom is -0.346 e. The van der Waals surface area contributed by atoms with Crippen molar-refractivity contribution in [3.8, 4) is 0 Å². The first-order chi connectivity index (χ1) is 15.8. The second-order valence-electron chi connectivity index (χ2n) is 9.62. The van der Waals surface area contributed by atoms with Gasteiger partial charge in [0.05, 0.1) is 18.8 Å². The van der Waals surface area contributed by atoms with Gasteiger partial charge in [-0.05, 0) is 38.0 Å². The molecule has 0 N–H and O–H groups in total. The molecule has 183 valence electrons. The predicted molar refractivity (Wildman–Crippen MR) is 125 cm³/mol. The Kier molecular flexibility index (Phi) is 7.48. The molecule has 10 heteroatoms. The summed E-state index contributed by atoms with van der Waals surface area (Å²) in [6.07, 6.45) is -4.47. The van der Waals surface area contributed by atoms with Crippen LogP contribution in [0.3, 0.4) is 0 Å². The third-order valence-electron chi connectivity index (χ3n) is 5.86. The van der Waals surface area contributed by atoms with Crippen molar-refractivity contribution >= 4 is 19.0 Å². The van der Waals surface area contributed by atoms with Gasteiger partial charge in [0.1, 0.15) is 0 Å². The Morgan fingerprint density at radius 2 is 1.71 bits per heavy atom. The summed E-state index contributed by atoms with van der Waals surface area (Å²) in [5, 5.41) is 3.57. The lowest BCUT2D eigenvalue weighted by Gasteiger charge is -2.30. The van der Waals surface area contributed by atoms with E-state index >= 15 is 0 Å². The van der Waals surface area contributed by atoms with Crippen molar-refractivity contribution in [3.63, 3.8) is 0 Å². The van der Waals surface area contributed by atoms with Crippen molar-refractivity contribution in [1.82, 2.24) is 19.6 Å². The van der Waals surface area contributed by atoms with Crippen LogP contribution in [0.4, 0.5) is 18.0 Å². The number of alkyl halides is 3. The van der Waals surface area contributed by atoms with Crippen LogP contribution >= 0.6 is 0 Å². The van der Waals surface area contributed by atoms with E-state index in [-0.39, 0.29) is 48.6 Å². The molecule has 1 radical (unpaired) electrons. The molecule has 1 aliphatic rings. The first-order valence-corrected chi connectivity index (χ1v) is 11.5. The zero-order valence-electron chi connectivity index (χ0n) is 20.4. The number of hydrogen-bond acceptors (Lipinski definition) is 3. The molecule has 34 heavy (non-hydrogen) atoms. The Hall–Kier alpha value is -2.78. The number of benzene rings is 1. The molecule has 6 nitrogen and oxygen atoms in total. The molecule has 0 fully saturated rings. The van der Waals surface area contributed by atoms with Crippen LogP contribution in [0.5, 0.6) is 0 Å². The molecule has 0 saturated carbocycles. The Balaban J connectivity index is 1.87. The summed E-state index contributed by atoms with van der Waals surface area (Å²) in [5.74, 6) is -0.282. The molecule has 0 aliphatic carbocycles. The highest BCUT2D eigenvalue weighted by atomic mass is 19.4. The Morgan fingerprint density at radius 3 is 2.24 bits per heavy atom. The fourth-order valence-corrected chi connectivity index (χ4v) is 4.11. The minimum atomic E-state index is -4.57. The van der Waals surface area contributed by atoms with E-state index in [0.717, 1.165) is 5.56 Å². The first kappa shape index (κ1) is 25.8. The second kappa shape index (κ2) is 9.84. The summed E-state index contributed by atoms with van der Waals surface area (Å²) >= 11 is 0. The summed E-state index contributed by atoms with van der Waals surface area (Å²) in [6, 6.07) is 6.84. The summed E-state index contributed by atoms with van der Waals surface area (Å²) in [5.41, 5.74) is 0.918. The first-order valence-electron chi connectivity index (χ1n) is 11.5. The zero-order valence-corrected chi connectivity index (χ0v) is 20.4. The lowest BCUT2D eigenvalue weighted by atomic mass is 9.54. The molecule has 1 aromatic heterocycles. The number of amides is 2. The highest BCUT2D eigenvalue weighted by Gasteiger charge is 2.41. The predicted octanol–water partition coefficient (Wildman–Crippen LogP) is 4.83. The van der Waals surface area contributed by atoms with Gasteiger partial charge in [0, 0.05) is 30.8 Å². The molecule has 1 aromatic carbocycles.